The third-order valence-corrected chi connectivity index (χ3v) is 4.80. The van der Waals surface area contributed by atoms with Gasteiger partial charge in [0.15, 0.2) is 6.10 Å². The van der Waals surface area contributed by atoms with Crippen LogP contribution in [0.3, 0.4) is 0 Å². The molecule has 3 aromatic carbocycles. The van der Waals surface area contributed by atoms with Gasteiger partial charge in [0.05, 0.1) is 11.6 Å². The van der Waals surface area contributed by atoms with E-state index in [4.69, 9.17) is 0 Å². The molecule has 0 aliphatic carbocycles. The van der Waals surface area contributed by atoms with E-state index < -0.39 is 30.0 Å². The molecule has 0 radical (unpaired) electrons. The first-order valence-corrected chi connectivity index (χ1v) is 9.54. The minimum absolute atomic E-state index is 0.0504. The smallest absolute Gasteiger partial charge is 0.335 e. The zero-order valence-electron chi connectivity index (χ0n) is 16.4. The fourth-order valence-corrected chi connectivity index (χ4v) is 3.21. The molecular formula is C24H21NO6. The molecule has 0 spiro atoms. The molecule has 7 nitrogen and oxygen atoms in total. The van der Waals surface area contributed by atoms with Crippen LogP contribution in [0.2, 0.25) is 0 Å². The van der Waals surface area contributed by atoms with Crippen LogP contribution in [0.1, 0.15) is 26.3 Å². The number of aromatic carboxylic acids is 1. The summed E-state index contributed by atoms with van der Waals surface area (Å²) in [4.78, 5) is 35.8. The molecule has 0 aromatic heterocycles. The zero-order chi connectivity index (χ0) is 22.4. The van der Waals surface area contributed by atoms with E-state index in [1.165, 1.54) is 18.2 Å². The van der Waals surface area contributed by atoms with Crippen LogP contribution in [-0.2, 0) is 11.2 Å². The predicted molar refractivity (Wildman–Crippen MR) is 114 cm³/mol. The van der Waals surface area contributed by atoms with Crippen LogP contribution >= 0.6 is 0 Å². The highest BCUT2D eigenvalue weighted by Crippen LogP contribution is 2.23. The summed E-state index contributed by atoms with van der Waals surface area (Å²) in [5, 5.41) is 31.4. The molecule has 2 unspecified atom stereocenters. The number of carboxylic acids is 2. The van der Waals surface area contributed by atoms with E-state index in [0.717, 1.165) is 11.1 Å². The molecule has 0 aliphatic rings. The first-order chi connectivity index (χ1) is 14.8. The third kappa shape index (κ3) is 5.55. The van der Waals surface area contributed by atoms with E-state index in [1.54, 1.807) is 54.6 Å². The van der Waals surface area contributed by atoms with E-state index in [9.17, 15) is 29.7 Å². The van der Waals surface area contributed by atoms with Crippen LogP contribution in [0.15, 0.2) is 78.9 Å². The van der Waals surface area contributed by atoms with Crippen molar-refractivity contribution in [2.45, 2.75) is 18.6 Å². The van der Waals surface area contributed by atoms with Crippen LogP contribution < -0.4 is 5.32 Å². The van der Waals surface area contributed by atoms with E-state index in [2.05, 4.69) is 5.32 Å². The van der Waals surface area contributed by atoms with Gasteiger partial charge in [-0.25, -0.2) is 9.59 Å². The molecule has 31 heavy (non-hydrogen) atoms. The third-order valence-electron chi connectivity index (χ3n) is 4.80. The fourth-order valence-electron chi connectivity index (χ4n) is 3.21. The van der Waals surface area contributed by atoms with Crippen molar-refractivity contribution in [2.24, 2.45) is 0 Å². The first-order valence-electron chi connectivity index (χ1n) is 9.54. The van der Waals surface area contributed by atoms with Crippen molar-refractivity contribution in [2.75, 3.05) is 0 Å². The molecule has 0 bridgehead atoms. The molecule has 0 fully saturated rings. The number of amides is 1. The molecule has 0 aliphatic heterocycles. The molecule has 2 atom stereocenters. The summed E-state index contributed by atoms with van der Waals surface area (Å²) in [6.07, 6.45) is -1.75. The summed E-state index contributed by atoms with van der Waals surface area (Å²) in [6.45, 7) is 0. The van der Waals surface area contributed by atoms with E-state index >= 15 is 0 Å². The molecule has 4 N–H and O–H groups in total. The Morgan fingerprint density at radius 3 is 1.94 bits per heavy atom. The van der Waals surface area contributed by atoms with Gasteiger partial charge in [-0.2, -0.15) is 0 Å². The van der Waals surface area contributed by atoms with E-state index in [1.807, 2.05) is 6.07 Å². The van der Waals surface area contributed by atoms with E-state index in [-0.39, 0.29) is 17.5 Å². The van der Waals surface area contributed by atoms with Gasteiger partial charge in [-0.05, 0) is 41.3 Å². The highest BCUT2D eigenvalue weighted by molar-refractivity contribution is 5.99. The molecule has 7 heteroatoms. The average molecular weight is 419 g/mol. The first kappa shape index (κ1) is 21.7. The van der Waals surface area contributed by atoms with Crippen molar-refractivity contribution in [3.63, 3.8) is 0 Å². The summed E-state index contributed by atoms with van der Waals surface area (Å²) in [5.74, 6) is -3.34. The molecule has 0 heterocycles. The quantitative estimate of drug-likeness (QED) is 0.445. The lowest BCUT2D eigenvalue weighted by molar-refractivity contribution is -0.148. The number of aliphatic hydroxyl groups is 1. The molecule has 3 aromatic rings. The van der Waals surface area contributed by atoms with Crippen molar-refractivity contribution in [3.05, 3.63) is 95.6 Å². The summed E-state index contributed by atoms with van der Waals surface area (Å²) in [5.41, 5.74) is 1.96. The highest BCUT2D eigenvalue weighted by Gasteiger charge is 2.28. The van der Waals surface area contributed by atoms with Gasteiger partial charge in [0.25, 0.3) is 5.91 Å². The Labute approximate surface area is 178 Å². The predicted octanol–water partition coefficient (Wildman–Crippen LogP) is 2.84. The molecule has 0 saturated carbocycles. The minimum Gasteiger partial charge on any atom is -0.479 e. The Morgan fingerprint density at radius 2 is 1.35 bits per heavy atom. The topological polar surface area (TPSA) is 124 Å². The number of carbonyl (C=O) groups is 3. The fraction of sp³-hybridized carbons (Fsp3) is 0.125. The van der Waals surface area contributed by atoms with Gasteiger partial charge in [0.1, 0.15) is 0 Å². The Balaban J connectivity index is 1.93. The number of aliphatic hydroxyl groups excluding tert-OH is 1. The molecule has 158 valence electrons. The highest BCUT2D eigenvalue weighted by atomic mass is 16.4. The van der Waals surface area contributed by atoms with Crippen molar-refractivity contribution < 1.29 is 29.7 Å². The van der Waals surface area contributed by atoms with Crippen molar-refractivity contribution in [1.82, 2.24) is 5.32 Å². The van der Waals surface area contributed by atoms with Crippen molar-refractivity contribution >= 4 is 17.8 Å². The lowest BCUT2D eigenvalue weighted by atomic mass is 9.98. The van der Waals surface area contributed by atoms with Crippen LogP contribution in [0.4, 0.5) is 0 Å². The number of hydrogen-bond acceptors (Lipinski definition) is 4. The Bertz CT molecular complexity index is 1080. The number of carboxylic acid groups (broad SMARTS) is 2. The summed E-state index contributed by atoms with van der Waals surface area (Å²) in [6, 6.07) is 20.9. The number of nitrogens with one attached hydrogen (secondary N) is 1. The maximum Gasteiger partial charge on any atom is 0.335 e. The second-order valence-electron chi connectivity index (χ2n) is 7.02. The van der Waals surface area contributed by atoms with Gasteiger partial charge in [0.2, 0.25) is 0 Å². The number of carbonyl (C=O) groups excluding carboxylic acids is 1. The largest absolute Gasteiger partial charge is 0.479 e. The molecule has 3 rings (SSSR count). The summed E-state index contributed by atoms with van der Waals surface area (Å²) >= 11 is 0. The van der Waals surface area contributed by atoms with E-state index in [0.29, 0.717) is 5.56 Å². The molecule has 0 saturated heterocycles. The van der Waals surface area contributed by atoms with Gasteiger partial charge in [-0.1, -0.05) is 60.7 Å². The van der Waals surface area contributed by atoms with Crippen LogP contribution in [0.5, 0.6) is 0 Å². The van der Waals surface area contributed by atoms with Crippen LogP contribution in [-0.4, -0.2) is 45.3 Å². The molecular weight excluding hydrogens is 398 g/mol. The second-order valence-corrected chi connectivity index (χ2v) is 7.02. The maximum atomic E-state index is 12.9. The number of hydrogen-bond donors (Lipinski definition) is 4. The van der Waals surface area contributed by atoms with Crippen molar-refractivity contribution in [3.8, 4) is 11.1 Å². The van der Waals surface area contributed by atoms with Gasteiger partial charge in [-0.15, -0.1) is 0 Å². The molecule has 1 amide bonds. The lowest BCUT2D eigenvalue weighted by Crippen LogP contribution is -2.48. The van der Waals surface area contributed by atoms with Crippen molar-refractivity contribution in [1.29, 1.82) is 0 Å². The Morgan fingerprint density at radius 1 is 0.774 bits per heavy atom. The summed E-state index contributed by atoms with van der Waals surface area (Å²) in [7, 11) is 0. The normalized spacial score (nSPS) is 12.5. The van der Waals surface area contributed by atoms with Gasteiger partial charge < -0.3 is 20.6 Å². The lowest BCUT2D eigenvalue weighted by Gasteiger charge is -2.22. The average Bonchev–Trinajstić information content (AvgIpc) is 2.79. The zero-order valence-corrected chi connectivity index (χ0v) is 16.4. The standard InChI is InChI=1S/C24H21NO6/c26-21(24(30)31)20(11-15-7-3-1-4-8-15)25-22(27)18-12-17(13-19(14-18)23(28)29)16-9-5-2-6-10-16/h1-10,12-14,20-21,26H,11H2,(H,25,27)(H,28,29)(H,30,31). The van der Waals surface area contributed by atoms with Gasteiger partial charge in [-0.3, -0.25) is 4.79 Å². The number of aliphatic carboxylic acids is 1. The number of benzene rings is 3. The monoisotopic (exact) mass is 419 g/mol. The number of rotatable bonds is 8. The SMILES string of the molecule is O=C(O)c1cc(C(=O)NC(Cc2ccccc2)C(O)C(=O)O)cc(-c2ccccc2)c1. The minimum atomic E-state index is -1.83. The Hall–Kier alpha value is -3.97. The summed E-state index contributed by atoms with van der Waals surface area (Å²) < 4.78 is 0. The second kappa shape index (κ2) is 9.69. The van der Waals surface area contributed by atoms with Gasteiger partial charge >= 0.3 is 11.9 Å². The van der Waals surface area contributed by atoms with Crippen LogP contribution in [0.25, 0.3) is 11.1 Å². The Kier molecular flexibility index (Phi) is 6.79. The maximum absolute atomic E-state index is 12.9. The van der Waals surface area contributed by atoms with Crippen LogP contribution in [0, 0.1) is 0 Å². The van der Waals surface area contributed by atoms with Gasteiger partial charge in [0, 0.05) is 5.56 Å².